The van der Waals surface area contributed by atoms with E-state index in [1.54, 1.807) is 0 Å². The number of hydrogen-bond donors (Lipinski definition) is 3. The molecule has 0 saturated carbocycles. The number of hydrogen-bond acceptors (Lipinski definition) is 4. The van der Waals surface area contributed by atoms with E-state index < -0.39 is 0 Å². The summed E-state index contributed by atoms with van der Waals surface area (Å²) in [5.41, 5.74) is 13.8. The van der Waals surface area contributed by atoms with Crippen LogP contribution in [-0.2, 0) is 0 Å². The number of aromatic amines is 1. The second kappa shape index (κ2) is 3.02. The van der Waals surface area contributed by atoms with Crippen LogP contribution in [0, 0.1) is 6.92 Å². The maximum Gasteiger partial charge on any atom is 0.239 e. The van der Waals surface area contributed by atoms with E-state index in [-0.39, 0.29) is 5.95 Å². The minimum absolute atomic E-state index is 0.225. The van der Waals surface area contributed by atoms with Gasteiger partial charge < -0.3 is 11.5 Å². The van der Waals surface area contributed by atoms with Crippen LogP contribution in [0.1, 0.15) is 5.56 Å². The van der Waals surface area contributed by atoms with Crippen molar-refractivity contribution in [1.29, 1.82) is 0 Å². The van der Waals surface area contributed by atoms with Crippen molar-refractivity contribution in [2.75, 3.05) is 11.5 Å². The third-order valence-electron chi connectivity index (χ3n) is 2.04. The number of nitrogens with two attached hydrogens (primary N) is 2. The van der Waals surface area contributed by atoms with Crippen molar-refractivity contribution >= 4 is 11.6 Å². The molecule has 0 unspecified atom stereocenters. The molecule has 1 heterocycles. The van der Waals surface area contributed by atoms with Gasteiger partial charge in [-0.1, -0.05) is 12.1 Å². The Morgan fingerprint density at radius 3 is 2.64 bits per heavy atom. The molecular weight excluding hydrogens is 178 g/mol. The van der Waals surface area contributed by atoms with Crippen molar-refractivity contribution < 1.29 is 0 Å². The average molecular weight is 189 g/mol. The number of anilines is 2. The highest BCUT2D eigenvalue weighted by atomic mass is 15.3. The van der Waals surface area contributed by atoms with E-state index in [0.29, 0.717) is 11.5 Å². The zero-order chi connectivity index (χ0) is 10.1. The Kier molecular flexibility index (Phi) is 1.85. The van der Waals surface area contributed by atoms with Gasteiger partial charge in [0.1, 0.15) is 0 Å². The van der Waals surface area contributed by atoms with Gasteiger partial charge in [-0.15, -0.1) is 5.10 Å². The molecule has 2 aromatic rings. The quantitative estimate of drug-likeness (QED) is 0.582. The Morgan fingerprint density at radius 1 is 1.29 bits per heavy atom. The number of aromatic nitrogens is 3. The second-order valence-corrected chi connectivity index (χ2v) is 3.08. The van der Waals surface area contributed by atoms with E-state index in [4.69, 9.17) is 11.5 Å². The minimum atomic E-state index is 0.225. The van der Waals surface area contributed by atoms with E-state index in [9.17, 15) is 0 Å². The summed E-state index contributed by atoms with van der Waals surface area (Å²) in [5, 5.41) is 6.50. The van der Waals surface area contributed by atoms with Crippen molar-refractivity contribution in [3.05, 3.63) is 23.8 Å². The molecule has 2 rings (SSSR count). The molecule has 5 N–H and O–H groups in total. The molecule has 1 aromatic carbocycles. The summed E-state index contributed by atoms with van der Waals surface area (Å²) in [7, 11) is 0. The smallest absolute Gasteiger partial charge is 0.239 e. The van der Waals surface area contributed by atoms with Crippen molar-refractivity contribution in [3.8, 4) is 11.4 Å². The third kappa shape index (κ3) is 1.28. The molecule has 0 aliphatic heterocycles. The Bertz CT molecular complexity index is 440. The second-order valence-electron chi connectivity index (χ2n) is 3.08. The van der Waals surface area contributed by atoms with Crippen LogP contribution in [0.25, 0.3) is 11.4 Å². The SMILES string of the molecule is Cc1cccc(N)c1-c1nc(N)n[nH]1. The Hall–Kier alpha value is -2.04. The Labute approximate surface area is 81.2 Å². The minimum Gasteiger partial charge on any atom is -0.398 e. The normalized spacial score (nSPS) is 10.4. The van der Waals surface area contributed by atoms with Crippen molar-refractivity contribution in [1.82, 2.24) is 15.2 Å². The summed E-state index contributed by atoms with van der Waals surface area (Å²) in [6.07, 6.45) is 0. The van der Waals surface area contributed by atoms with Crippen LogP contribution in [0.2, 0.25) is 0 Å². The topological polar surface area (TPSA) is 93.6 Å². The summed E-state index contributed by atoms with van der Waals surface area (Å²) in [6.45, 7) is 1.96. The lowest BCUT2D eigenvalue weighted by molar-refractivity contribution is 1.10. The Morgan fingerprint density at radius 2 is 2.07 bits per heavy atom. The standard InChI is InChI=1S/C9H11N5/c1-5-3-2-4-6(10)7(5)8-12-9(11)14-13-8/h2-4H,10H2,1H3,(H3,11,12,13,14). The molecule has 14 heavy (non-hydrogen) atoms. The lowest BCUT2D eigenvalue weighted by atomic mass is 10.1. The van der Waals surface area contributed by atoms with Crippen LogP contribution in [-0.4, -0.2) is 15.2 Å². The highest BCUT2D eigenvalue weighted by molar-refractivity contribution is 5.74. The molecule has 1 aromatic heterocycles. The largest absolute Gasteiger partial charge is 0.398 e. The van der Waals surface area contributed by atoms with Crippen molar-refractivity contribution in [2.24, 2.45) is 0 Å². The van der Waals surface area contributed by atoms with Gasteiger partial charge in [-0.2, -0.15) is 4.98 Å². The molecule has 0 amide bonds. The summed E-state index contributed by atoms with van der Waals surface area (Å²) < 4.78 is 0. The van der Waals surface area contributed by atoms with Gasteiger partial charge in [0.15, 0.2) is 5.82 Å². The molecule has 0 atom stereocenters. The van der Waals surface area contributed by atoms with Gasteiger partial charge >= 0.3 is 0 Å². The summed E-state index contributed by atoms with van der Waals surface area (Å²) >= 11 is 0. The van der Waals surface area contributed by atoms with Crippen LogP contribution in [0.4, 0.5) is 11.6 Å². The fourth-order valence-corrected chi connectivity index (χ4v) is 1.40. The molecule has 0 aliphatic carbocycles. The van der Waals surface area contributed by atoms with Gasteiger partial charge in [0.25, 0.3) is 0 Å². The summed E-state index contributed by atoms with van der Waals surface area (Å²) in [4.78, 5) is 4.03. The van der Waals surface area contributed by atoms with E-state index >= 15 is 0 Å². The number of rotatable bonds is 1. The lowest BCUT2D eigenvalue weighted by Crippen LogP contribution is -1.94. The van der Waals surface area contributed by atoms with Gasteiger partial charge in [-0.05, 0) is 18.6 Å². The third-order valence-corrected chi connectivity index (χ3v) is 2.04. The number of nitrogen functional groups attached to an aromatic ring is 2. The first-order valence-corrected chi connectivity index (χ1v) is 4.22. The van der Waals surface area contributed by atoms with Crippen LogP contribution >= 0.6 is 0 Å². The number of nitrogens with one attached hydrogen (secondary N) is 1. The predicted octanol–water partition coefficient (Wildman–Crippen LogP) is 0.945. The van der Waals surface area contributed by atoms with Crippen LogP contribution in [0.3, 0.4) is 0 Å². The molecule has 5 heteroatoms. The number of nitrogens with zero attached hydrogens (tertiary/aromatic N) is 2. The van der Waals surface area contributed by atoms with E-state index in [1.807, 2.05) is 25.1 Å². The monoisotopic (exact) mass is 189 g/mol. The maximum absolute atomic E-state index is 5.83. The van der Waals surface area contributed by atoms with Crippen molar-refractivity contribution in [3.63, 3.8) is 0 Å². The summed E-state index contributed by atoms with van der Waals surface area (Å²) in [5.74, 6) is 0.834. The van der Waals surface area contributed by atoms with Crippen LogP contribution < -0.4 is 11.5 Å². The lowest BCUT2D eigenvalue weighted by Gasteiger charge is -2.04. The summed E-state index contributed by atoms with van der Waals surface area (Å²) in [6, 6.07) is 5.68. The predicted molar refractivity (Wildman–Crippen MR) is 55.4 cm³/mol. The number of H-pyrrole nitrogens is 1. The van der Waals surface area contributed by atoms with Gasteiger partial charge in [-0.3, -0.25) is 5.10 Å². The number of benzene rings is 1. The molecule has 0 saturated heterocycles. The molecular formula is C9H11N5. The van der Waals surface area contributed by atoms with E-state index in [2.05, 4.69) is 15.2 Å². The Balaban J connectivity index is 2.61. The number of aryl methyl sites for hydroxylation is 1. The first-order chi connectivity index (χ1) is 6.68. The fraction of sp³-hybridized carbons (Fsp3) is 0.111. The molecule has 0 fully saturated rings. The molecule has 0 bridgehead atoms. The molecule has 5 nitrogen and oxygen atoms in total. The highest BCUT2D eigenvalue weighted by Gasteiger charge is 2.09. The van der Waals surface area contributed by atoms with Crippen LogP contribution in [0.15, 0.2) is 18.2 Å². The molecule has 72 valence electrons. The first kappa shape index (κ1) is 8.55. The maximum atomic E-state index is 5.83. The van der Waals surface area contributed by atoms with Gasteiger partial charge in [0, 0.05) is 11.3 Å². The van der Waals surface area contributed by atoms with Gasteiger partial charge in [0.05, 0.1) is 0 Å². The first-order valence-electron chi connectivity index (χ1n) is 4.22. The zero-order valence-electron chi connectivity index (χ0n) is 7.78. The zero-order valence-corrected chi connectivity index (χ0v) is 7.78. The molecule has 0 radical (unpaired) electrons. The van der Waals surface area contributed by atoms with E-state index in [0.717, 1.165) is 11.1 Å². The van der Waals surface area contributed by atoms with E-state index in [1.165, 1.54) is 0 Å². The molecule has 0 spiro atoms. The van der Waals surface area contributed by atoms with Gasteiger partial charge in [-0.25, -0.2) is 0 Å². The van der Waals surface area contributed by atoms with Crippen LogP contribution in [0.5, 0.6) is 0 Å². The van der Waals surface area contributed by atoms with Gasteiger partial charge in [0.2, 0.25) is 5.95 Å². The van der Waals surface area contributed by atoms with Crippen molar-refractivity contribution in [2.45, 2.75) is 6.92 Å². The average Bonchev–Trinajstić information content (AvgIpc) is 2.51. The fourth-order valence-electron chi connectivity index (χ4n) is 1.40. The molecule has 0 aliphatic rings. The highest BCUT2D eigenvalue weighted by Crippen LogP contribution is 2.26.